The maximum Gasteiger partial charge on any atom is 0.310 e. The van der Waals surface area contributed by atoms with Gasteiger partial charge >= 0.3 is 5.97 Å². The Bertz CT molecular complexity index is 1530. The number of aryl methyl sites for hydroxylation is 3. The normalized spacial score (nSPS) is 12.2. The first-order valence-corrected chi connectivity index (χ1v) is 11.7. The number of phenolic OH excluding ortho intramolecular Hbond substituents is 1. The third-order valence-electron chi connectivity index (χ3n) is 6.37. The van der Waals surface area contributed by atoms with Crippen LogP contribution < -0.4 is 5.56 Å². The molecular weight excluding hydrogens is 456 g/mol. The first-order chi connectivity index (χ1) is 17.2. The van der Waals surface area contributed by atoms with E-state index in [0.717, 1.165) is 11.1 Å². The van der Waals surface area contributed by atoms with Crippen molar-refractivity contribution >= 4 is 17.3 Å². The van der Waals surface area contributed by atoms with Crippen molar-refractivity contribution in [2.24, 2.45) is 10.2 Å². The van der Waals surface area contributed by atoms with Crippen molar-refractivity contribution in [3.05, 3.63) is 93.4 Å². The van der Waals surface area contributed by atoms with Gasteiger partial charge in [0.15, 0.2) is 11.4 Å². The summed E-state index contributed by atoms with van der Waals surface area (Å²) in [4.78, 5) is 24.6. The Morgan fingerprint density at radius 2 is 1.75 bits per heavy atom. The number of azo groups is 1. The summed E-state index contributed by atoms with van der Waals surface area (Å²) in [5.41, 5.74) is 5.25. The van der Waals surface area contributed by atoms with Crippen LogP contribution >= 0.6 is 0 Å². The van der Waals surface area contributed by atoms with Crippen LogP contribution in [0, 0.1) is 20.8 Å². The van der Waals surface area contributed by atoms with E-state index in [4.69, 9.17) is 0 Å². The molecule has 0 saturated heterocycles. The SMILES string of the molecule is CCC(C(=O)O)c1cccc(-c2cccc(N=Nc3c(C)[nH]n(-c4ccc(C)c(C)c4)c3=O)c2O)c1. The first-order valence-electron chi connectivity index (χ1n) is 11.7. The molecule has 0 aliphatic heterocycles. The Balaban J connectivity index is 1.69. The van der Waals surface area contributed by atoms with Crippen LogP contribution in [0.1, 0.15) is 41.6 Å². The van der Waals surface area contributed by atoms with Gasteiger partial charge in [-0.25, -0.2) is 4.68 Å². The van der Waals surface area contributed by atoms with E-state index in [1.807, 2.05) is 39.0 Å². The topological polar surface area (TPSA) is 120 Å². The van der Waals surface area contributed by atoms with E-state index in [1.165, 1.54) is 4.68 Å². The molecule has 1 heterocycles. The highest BCUT2D eigenvalue weighted by Crippen LogP contribution is 2.38. The number of aliphatic carboxylic acids is 1. The van der Waals surface area contributed by atoms with Gasteiger partial charge in [0.1, 0.15) is 5.69 Å². The zero-order valence-electron chi connectivity index (χ0n) is 20.6. The first kappa shape index (κ1) is 24.7. The third-order valence-corrected chi connectivity index (χ3v) is 6.37. The number of hydrogen-bond acceptors (Lipinski definition) is 5. The Hall–Kier alpha value is -4.46. The van der Waals surface area contributed by atoms with Gasteiger partial charge in [0, 0.05) is 5.56 Å². The number of carboxylic acid groups (broad SMARTS) is 1. The quantitative estimate of drug-likeness (QED) is 0.261. The summed E-state index contributed by atoms with van der Waals surface area (Å²) in [7, 11) is 0. The van der Waals surface area contributed by atoms with E-state index in [-0.39, 0.29) is 22.7 Å². The van der Waals surface area contributed by atoms with Crippen LogP contribution in [-0.2, 0) is 4.79 Å². The second kappa shape index (κ2) is 10.0. The highest BCUT2D eigenvalue weighted by molar-refractivity contribution is 5.80. The van der Waals surface area contributed by atoms with Crippen molar-refractivity contribution in [3.8, 4) is 22.6 Å². The second-order valence-electron chi connectivity index (χ2n) is 8.79. The average molecular weight is 485 g/mol. The van der Waals surface area contributed by atoms with Gasteiger partial charge in [0.2, 0.25) is 0 Å². The number of benzene rings is 3. The minimum Gasteiger partial charge on any atom is -0.505 e. The number of para-hydroxylation sites is 1. The van der Waals surface area contributed by atoms with Crippen molar-refractivity contribution < 1.29 is 15.0 Å². The van der Waals surface area contributed by atoms with Crippen LogP contribution in [-0.4, -0.2) is 26.0 Å². The van der Waals surface area contributed by atoms with E-state index >= 15 is 0 Å². The molecule has 0 fully saturated rings. The van der Waals surface area contributed by atoms with E-state index in [9.17, 15) is 19.8 Å². The maximum absolute atomic E-state index is 13.0. The summed E-state index contributed by atoms with van der Waals surface area (Å²) in [5, 5.41) is 31.8. The number of nitrogens with one attached hydrogen (secondary N) is 1. The van der Waals surface area contributed by atoms with E-state index in [2.05, 4.69) is 15.3 Å². The lowest BCUT2D eigenvalue weighted by Crippen LogP contribution is -2.14. The molecule has 0 saturated carbocycles. The molecule has 36 heavy (non-hydrogen) atoms. The van der Waals surface area contributed by atoms with Gasteiger partial charge in [-0.3, -0.25) is 14.7 Å². The molecular formula is C28H28N4O4. The molecule has 0 spiro atoms. The molecule has 3 aromatic carbocycles. The van der Waals surface area contributed by atoms with Crippen LogP contribution in [0.15, 0.2) is 75.7 Å². The molecule has 0 radical (unpaired) electrons. The van der Waals surface area contributed by atoms with Crippen molar-refractivity contribution in [3.63, 3.8) is 0 Å². The maximum atomic E-state index is 13.0. The van der Waals surface area contributed by atoms with E-state index < -0.39 is 11.9 Å². The van der Waals surface area contributed by atoms with E-state index in [0.29, 0.717) is 34.5 Å². The van der Waals surface area contributed by atoms with Crippen molar-refractivity contribution in [2.75, 3.05) is 0 Å². The van der Waals surface area contributed by atoms with Crippen molar-refractivity contribution in [1.82, 2.24) is 9.78 Å². The molecule has 1 aromatic heterocycles. The molecule has 4 rings (SSSR count). The van der Waals surface area contributed by atoms with Gasteiger partial charge < -0.3 is 10.2 Å². The summed E-state index contributed by atoms with van der Waals surface area (Å²) >= 11 is 0. The number of aromatic nitrogens is 2. The van der Waals surface area contributed by atoms with Gasteiger partial charge in [0.05, 0.1) is 17.3 Å². The number of aromatic hydroxyl groups is 1. The summed E-state index contributed by atoms with van der Waals surface area (Å²) in [6.45, 7) is 7.55. The molecule has 0 amide bonds. The highest BCUT2D eigenvalue weighted by atomic mass is 16.4. The molecule has 1 unspecified atom stereocenters. The lowest BCUT2D eigenvalue weighted by atomic mass is 9.93. The standard InChI is InChI=1S/C28H28N4O4/c1-5-22(28(35)36)19-8-6-9-20(15-19)23-10-7-11-24(26(23)33)29-30-25-18(4)31-32(27(25)34)21-13-12-16(2)17(3)14-21/h6-15,22,31,33H,5H2,1-4H3,(H,35,36). The Labute approximate surface area is 208 Å². The number of rotatable bonds is 7. The third kappa shape index (κ3) is 4.70. The van der Waals surface area contributed by atoms with Crippen LogP contribution in [0.25, 0.3) is 16.8 Å². The van der Waals surface area contributed by atoms with Crippen LogP contribution in [0.3, 0.4) is 0 Å². The zero-order chi connectivity index (χ0) is 26.0. The smallest absolute Gasteiger partial charge is 0.310 e. The predicted octanol–water partition coefficient (Wildman–Crippen LogP) is 6.46. The van der Waals surface area contributed by atoms with Gasteiger partial charge in [0.25, 0.3) is 5.56 Å². The van der Waals surface area contributed by atoms with Crippen LogP contribution in [0.5, 0.6) is 5.75 Å². The molecule has 0 bridgehead atoms. The van der Waals surface area contributed by atoms with Gasteiger partial charge in [-0.05, 0) is 67.6 Å². The van der Waals surface area contributed by atoms with Gasteiger partial charge in [-0.1, -0.05) is 49.4 Å². The summed E-state index contributed by atoms with van der Waals surface area (Å²) in [6, 6.07) is 17.9. The number of nitrogens with zero attached hydrogens (tertiary/aromatic N) is 3. The fourth-order valence-corrected chi connectivity index (χ4v) is 4.13. The van der Waals surface area contributed by atoms with Crippen molar-refractivity contribution in [1.29, 1.82) is 0 Å². The molecule has 8 heteroatoms. The predicted molar refractivity (Wildman–Crippen MR) is 139 cm³/mol. The minimum atomic E-state index is -0.894. The summed E-state index contributed by atoms with van der Waals surface area (Å²) < 4.78 is 1.42. The molecule has 184 valence electrons. The molecule has 0 aliphatic rings. The summed E-state index contributed by atoms with van der Waals surface area (Å²) in [5.74, 6) is -1.63. The highest BCUT2D eigenvalue weighted by Gasteiger charge is 2.19. The monoisotopic (exact) mass is 484 g/mol. The molecule has 4 aromatic rings. The largest absolute Gasteiger partial charge is 0.505 e. The molecule has 1 atom stereocenters. The number of carboxylic acids is 1. The lowest BCUT2D eigenvalue weighted by molar-refractivity contribution is -0.138. The number of phenols is 1. The van der Waals surface area contributed by atoms with Crippen LogP contribution in [0.4, 0.5) is 11.4 Å². The van der Waals surface area contributed by atoms with Crippen molar-refractivity contribution in [2.45, 2.75) is 40.0 Å². The molecule has 3 N–H and O–H groups in total. The fourth-order valence-electron chi connectivity index (χ4n) is 4.13. The molecule has 0 aliphatic carbocycles. The zero-order valence-corrected chi connectivity index (χ0v) is 20.6. The molecule has 8 nitrogen and oxygen atoms in total. The fraction of sp³-hybridized carbons (Fsp3) is 0.214. The van der Waals surface area contributed by atoms with Gasteiger partial charge in [-0.15, -0.1) is 10.2 Å². The number of H-pyrrole nitrogens is 1. The Morgan fingerprint density at radius 3 is 2.44 bits per heavy atom. The summed E-state index contributed by atoms with van der Waals surface area (Å²) in [6.07, 6.45) is 0.453. The Kier molecular flexibility index (Phi) is 6.87. The Morgan fingerprint density at radius 1 is 1.00 bits per heavy atom. The van der Waals surface area contributed by atoms with Crippen LogP contribution in [0.2, 0.25) is 0 Å². The number of hydrogen-bond donors (Lipinski definition) is 3. The number of carbonyl (C=O) groups is 1. The second-order valence-corrected chi connectivity index (χ2v) is 8.79. The number of aromatic amines is 1. The lowest BCUT2D eigenvalue weighted by Gasteiger charge is -2.13. The minimum absolute atomic E-state index is 0.107. The average Bonchev–Trinajstić information content (AvgIpc) is 3.13. The van der Waals surface area contributed by atoms with Gasteiger partial charge in [-0.2, -0.15) is 0 Å². The van der Waals surface area contributed by atoms with E-state index in [1.54, 1.807) is 49.4 Å².